The van der Waals surface area contributed by atoms with Gasteiger partial charge in [-0.25, -0.2) is 13.4 Å². The van der Waals surface area contributed by atoms with Gasteiger partial charge in [-0.15, -0.1) is 11.6 Å². The van der Waals surface area contributed by atoms with E-state index in [1.54, 1.807) is 12.1 Å². The molecule has 0 saturated heterocycles. The van der Waals surface area contributed by atoms with Crippen LogP contribution in [0.1, 0.15) is 5.82 Å². The Balaban J connectivity index is 2.66. The van der Waals surface area contributed by atoms with Crippen LogP contribution in [0.5, 0.6) is 0 Å². The first-order valence-corrected chi connectivity index (χ1v) is 6.68. The lowest BCUT2D eigenvalue weighted by Gasteiger charge is -1.96. The Morgan fingerprint density at radius 1 is 1.47 bits per heavy atom. The van der Waals surface area contributed by atoms with Gasteiger partial charge in [0.05, 0.1) is 21.8 Å². The highest BCUT2D eigenvalue weighted by atomic mass is 35.5. The zero-order valence-corrected chi connectivity index (χ0v) is 9.56. The van der Waals surface area contributed by atoms with Crippen molar-refractivity contribution in [1.82, 2.24) is 9.97 Å². The Kier molecular flexibility index (Phi) is 2.44. The summed E-state index contributed by atoms with van der Waals surface area (Å²) < 4.78 is 22.6. The average molecular weight is 245 g/mol. The summed E-state index contributed by atoms with van der Waals surface area (Å²) in [5.74, 6) is 0.917. The van der Waals surface area contributed by atoms with Crippen molar-refractivity contribution in [1.29, 1.82) is 0 Å². The van der Waals surface area contributed by atoms with Crippen LogP contribution >= 0.6 is 11.6 Å². The summed E-state index contributed by atoms with van der Waals surface area (Å²) in [5.41, 5.74) is 1.41. The van der Waals surface area contributed by atoms with Crippen molar-refractivity contribution in [2.24, 2.45) is 0 Å². The fourth-order valence-electron chi connectivity index (χ4n) is 1.34. The average Bonchev–Trinajstić information content (AvgIpc) is 2.57. The van der Waals surface area contributed by atoms with Gasteiger partial charge in [-0.05, 0) is 18.2 Å². The second kappa shape index (κ2) is 3.50. The third-order valence-corrected chi connectivity index (χ3v) is 3.42. The predicted molar refractivity (Wildman–Crippen MR) is 58.8 cm³/mol. The zero-order valence-electron chi connectivity index (χ0n) is 7.99. The number of aromatic nitrogens is 2. The highest BCUT2D eigenvalue weighted by Crippen LogP contribution is 2.17. The molecular weight excluding hydrogens is 236 g/mol. The molecule has 0 aliphatic rings. The molecular formula is C9H9ClN2O2S. The van der Waals surface area contributed by atoms with Crippen molar-refractivity contribution in [3.05, 3.63) is 24.0 Å². The number of hydrogen-bond donors (Lipinski definition) is 1. The van der Waals surface area contributed by atoms with E-state index in [9.17, 15) is 8.42 Å². The van der Waals surface area contributed by atoms with Crippen LogP contribution in [0.4, 0.5) is 0 Å². The molecule has 2 aromatic rings. The van der Waals surface area contributed by atoms with E-state index in [-0.39, 0.29) is 10.8 Å². The first-order chi connectivity index (χ1) is 7.00. The molecule has 0 radical (unpaired) electrons. The molecule has 0 aliphatic carbocycles. The first-order valence-electron chi connectivity index (χ1n) is 4.25. The van der Waals surface area contributed by atoms with Gasteiger partial charge >= 0.3 is 0 Å². The normalized spacial score (nSPS) is 12.1. The number of alkyl halides is 1. The molecule has 0 amide bonds. The number of halogens is 1. The maximum absolute atomic E-state index is 11.3. The van der Waals surface area contributed by atoms with Gasteiger partial charge in [0.25, 0.3) is 0 Å². The van der Waals surface area contributed by atoms with E-state index >= 15 is 0 Å². The largest absolute Gasteiger partial charge is 0.341 e. The standard InChI is InChI=1S/C9H9ClN2O2S/c1-15(13,14)6-2-3-7-8(4-6)12-9(5-10)11-7/h2-4H,5H2,1H3,(H,11,12). The van der Waals surface area contributed by atoms with E-state index in [4.69, 9.17) is 11.6 Å². The van der Waals surface area contributed by atoms with Gasteiger partial charge in [0.1, 0.15) is 5.82 Å². The van der Waals surface area contributed by atoms with E-state index in [0.717, 1.165) is 5.52 Å². The number of imidazole rings is 1. The fourth-order valence-corrected chi connectivity index (χ4v) is 2.11. The predicted octanol–water partition coefficient (Wildman–Crippen LogP) is 1.71. The van der Waals surface area contributed by atoms with Crippen molar-refractivity contribution >= 4 is 32.5 Å². The van der Waals surface area contributed by atoms with Gasteiger partial charge < -0.3 is 4.98 Å². The summed E-state index contributed by atoms with van der Waals surface area (Å²) >= 11 is 5.62. The van der Waals surface area contributed by atoms with E-state index in [0.29, 0.717) is 11.3 Å². The minimum absolute atomic E-state index is 0.278. The Morgan fingerprint density at radius 3 is 2.80 bits per heavy atom. The van der Waals surface area contributed by atoms with Crippen LogP contribution < -0.4 is 0 Å². The number of nitrogens with one attached hydrogen (secondary N) is 1. The van der Waals surface area contributed by atoms with Gasteiger partial charge in [0, 0.05) is 6.26 Å². The van der Waals surface area contributed by atoms with Crippen LogP contribution in [0.25, 0.3) is 11.0 Å². The molecule has 0 saturated carbocycles. The number of sulfone groups is 1. The van der Waals surface area contributed by atoms with Crippen molar-refractivity contribution in [3.8, 4) is 0 Å². The van der Waals surface area contributed by atoms with Gasteiger partial charge in [0.2, 0.25) is 0 Å². The number of nitrogens with zero attached hydrogens (tertiary/aromatic N) is 1. The molecule has 0 atom stereocenters. The first kappa shape index (κ1) is 10.4. The highest BCUT2D eigenvalue weighted by Gasteiger charge is 2.09. The molecule has 0 unspecified atom stereocenters. The third-order valence-electron chi connectivity index (χ3n) is 2.06. The highest BCUT2D eigenvalue weighted by molar-refractivity contribution is 7.90. The molecule has 1 aromatic heterocycles. The van der Waals surface area contributed by atoms with E-state index in [1.165, 1.54) is 12.3 Å². The number of aromatic amines is 1. The van der Waals surface area contributed by atoms with Gasteiger partial charge in [-0.3, -0.25) is 0 Å². The maximum Gasteiger partial charge on any atom is 0.175 e. The number of benzene rings is 1. The SMILES string of the molecule is CS(=O)(=O)c1ccc2nc(CCl)[nH]c2c1. The topological polar surface area (TPSA) is 62.8 Å². The molecule has 15 heavy (non-hydrogen) atoms. The second-order valence-corrected chi connectivity index (χ2v) is 5.55. The van der Waals surface area contributed by atoms with Gasteiger partial charge in [0.15, 0.2) is 9.84 Å². The van der Waals surface area contributed by atoms with E-state index in [1.807, 2.05) is 0 Å². The summed E-state index contributed by atoms with van der Waals surface area (Å²) in [6.45, 7) is 0. The van der Waals surface area contributed by atoms with Crippen molar-refractivity contribution in [3.63, 3.8) is 0 Å². The maximum atomic E-state index is 11.3. The molecule has 0 bridgehead atoms. The van der Waals surface area contributed by atoms with E-state index in [2.05, 4.69) is 9.97 Å². The minimum Gasteiger partial charge on any atom is -0.341 e. The molecule has 4 nitrogen and oxygen atoms in total. The molecule has 6 heteroatoms. The summed E-state index contributed by atoms with van der Waals surface area (Å²) in [5, 5.41) is 0. The van der Waals surface area contributed by atoms with Crippen LogP contribution in [-0.2, 0) is 15.7 Å². The third kappa shape index (κ3) is 1.98. The van der Waals surface area contributed by atoms with Crippen LogP contribution in [0.2, 0.25) is 0 Å². The molecule has 1 aromatic carbocycles. The summed E-state index contributed by atoms with van der Waals surface area (Å²) in [6, 6.07) is 4.77. The van der Waals surface area contributed by atoms with Gasteiger partial charge in [-0.2, -0.15) is 0 Å². The zero-order chi connectivity index (χ0) is 11.1. The summed E-state index contributed by atoms with van der Waals surface area (Å²) in [4.78, 5) is 7.40. The van der Waals surface area contributed by atoms with Gasteiger partial charge in [-0.1, -0.05) is 0 Å². The Hall–Kier alpha value is -1.07. The van der Waals surface area contributed by atoms with E-state index < -0.39 is 9.84 Å². The molecule has 2 rings (SSSR count). The molecule has 0 fully saturated rings. The molecule has 0 spiro atoms. The fraction of sp³-hybridized carbons (Fsp3) is 0.222. The molecule has 1 heterocycles. The van der Waals surface area contributed by atoms with Crippen LogP contribution in [0.15, 0.2) is 23.1 Å². The minimum atomic E-state index is -3.17. The number of rotatable bonds is 2. The lowest BCUT2D eigenvalue weighted by atomic mass is 10.3. The van der Waals surface area contributed by atoms with Crippen molar-refractivity contribution < 1.29 is 8.42 Å². The summed E-state index contributed by atoms with van der Waals surface area (Å²) in [6.07, 6.45) is 1.17. The number of fused-ring (bicyclic) bond motifs is 1. The Labute approximate surface area is 92.2 Å². The summed E-state index contributed by atoms with van der Waals surface area (Å²) in [7, 11) is -3.17. The Bertz CT molecular complexity index is 604. The van der Waals surface area contributed by atoms with Crippen molar-refractivity contribution in [2.45, 2.75) is 10.8 Å². The quantitative estimate of drug-likeness (QED) is 0.818. The monoisotopic (exact) mass is 244 g/mol. The van der Waals surface area contributed by atoms with Crippen molar-refractivity contribution in [2.75, 3.05) is 6.26 Å². The Morgan fingerprint density at radius 2 is 2.20 bits per heavy atom. The molecule has 1 N–H and O–H groups in total. The number of H-pyrrole nitrogens is 1. The lowest BCUT2D eigenvalue weighted by molar-refractivity contribution is 0.602. The molecule has 0 aliphatic heterocycles. The second-order valence-electron chi connectivity index (χ2n) is 3.27. The molecule has 80 valence electrons. The number of hydrogen-bond acceptors (Lipinski definition) is 3. The van der Waals surface area contributed by atoms with Crippen LogP contribution in [0.3, 0.4) is 0 Å². The van der Waals surface area contributed by atoms with Crippen LogP contribution in [-0.4, -0.2) is 24.6 Å². The smallest absolute Gasteiger partial charge is 0.175 e. The lowest BCUT2D eigenvalue weighted by Crippen LogP contribution is -1.96. The van der Waals surface area contributed by atoms with Crippen LogP contribution in [0, 0.1) is 0 Å².